The van der Waals surface area contributed by atoms with Gasteiger partial charge in [-0.1, -0.05) is 6.58 Å². The molecule has 4 aromatic rings. The largest absolute Gasteiger partial charge is 0.436 e. The fraction of sp³-hybridized carbons (Fsp3) is 0.143. The van der Waals surface area contributed by atoms with E-state index in [1.807, 2.05) is 13.1 Å². The SMILES string of the molecule is C=C(C)c1cnc2nc(-c3cc(NC(=O)c4oc(C)nc4C)ccc3F)cn2c1. The Balaban J connectivity index is 1.68. The molecule has 8 heteroatoms. The van der Waals surface area contributed by atoms with Crippen molar-refractivity contribution in [2.75, 3.05) is 5.32 Å². The maximum absolute atomic E-state index is 14.5. The van der Waals surface area contributed by atoms with Crippen LogP contribution in [0.1, 0.15) is 34.6 Å². The van der Waals surface area contributed by atoms with Crippen molar-refractivity contribution >= 4 is 22.9 Å². The Hall–Kier alpha value is -3.81. The zero-order valence-corrected chi connectivity index (χ0v) is 16.2. The molecule has 4 rings (SSSR count). The number of imidazole rings is 1. The minimum absolute atomic E-state index is 0.123. The van der Waals surface area contributed by atoms with Crippen LogP contribution in [0.2, 0.25) is 0 Å². The summed E-state index contributed by atoms with van der Waals surface area (Å²) in [6, 6.07) is 4.27. The highest BCUT2D eigenvalue weighted by Gasteiger charge is 2.17. The van der Waals surface area contributed by atoms with Gasteiger partial charge in [0.25, 0.3) is 5.91 Å². The number of halogens is 1. The van der Waals surface area contributed by atoms with Crippen molar-refractivity contribution in [3.8, 4) is 11.3 Å². The molecule has 0 atom stereocenters. The fourth-order valence-electron chi connectivity index (χ4n) is 2.96. The first-order valence-corrected chi connectivity index (χ1v) is 8.88. The average molecular weight is 391 g/mol. The van der Waals surface area contributed by atoms with Gasteiger partial charge in [-0.2, -0.15) is 0 Å². The molecule has 0 radical (unpaired) electrons. The molecule has 7 nitrogen and oxygen atoms in total. The van der Waals surface area contributed by atoms with Crippen molar-refractivity contribution in [3.05, 3.63) is 72.1 Å². The van der Waals surface area contributed by atoms with Gasteiger partial charge in [0.1, 0.15) is 5.82 Å². The summed E-state index contributed by atoms with van der Waals surface area (Å²) in [6.45, 7) is 9.12. The van der Waals surface area contributed by atoms with E-state index in [1.54, 1.807) is 30.6 Å². The number of fused-ring (bicyclic) bond motifs is 1. The number of rotatable bonds is 4. The molecule has 1 N–H and O–H groups in total. The average Bonchev–Trinajstić information content (AvgIpc) is 3.24. The minimum atomic E-state index is -0.460. The number of allylic oxidation sites excluding steroid dienone is 1. The molecular formula is C21H18FN5O2. The van der Waals surface area contributed by atoms with E-state index >= 15 is 0 Å². The van der Waals surface area contributed by atoms with Gasteiger partial charge in [0.2, 0.25) is 11.5 Å². The number of amides is 1. The van der Waals surface area contributed by atoms with Crippen LogP contribution in [0.5, 0.6) is 0 Å². The zero-order valence-electron chi connectivity index (χ0n) is 16.2. The third-order valence-corrected chi connectivity index (χ3v) is 4.41. The second-order valence-corrected chi connectivity index (χ2v) is 6.75. The van der Waals surface area contributed by atoms with Crippen LogP contribution in [0.15, 0.2) is 47.8 Å². The molecule has 0 bridgehead atoms. The molecule has 3 aromatic heterocycles. The Bertz CT molecular complexity index is 1270. The van der Waals surface area contributed by atoms with Gasteiger partial charge in [-0.15, -0.1) is 0 Å². The second kappa shape index (κ2) is 6.97. The van der Waals surface area contributed by atoms with Gasteiger partial charge < -0.3 is 9.73 Å². The highest BCUT2D eigenvalue weighted by molar-refractivity contribution is 6.03. The van der Waals surface area contributed by atoms with Crippen LogP contribution in [-0.4, -0.2) is 25.3 Å². The molecule has 1 amide bonds. The minimum Gasteiger partial charge on any atom is -0.436 e. The Morgan fingerprint density at radius 2 is 2.03 bits per heavy atom. The van der Waals surface area contributed by atoms with Crippen LogP contribution in [-0.2, 0) is 0 Å². The maximum atomic E-state index is 14.5. The highest BCUT2D eigenvalue weighted by atomic mass is 19.1. The first kappa shape index (κ1) is 18.5. The third kappa shape index (κ3) is 3.52. The van der Waals surface area contributed by atoms with Crippen LogP contribution < -0.4 is 5.32 Å². The topological polar surface area (TPSA) is 85.3 Å². The molecule has 0 saturated heterocycles. The number of carbonyl (C=O) groups excluding carboxylic acids is 1. The fourth-order valence-corrected chi connectivity index (χ4v) is 2.96. The summed E-state index contributed by atoms with van der Waals surface area (Å²) in [5, 5.41) is 2.71. The predicted octanol–water partition coefficient (Wildman–Crippen LogP) is 4.43. The van der Waals surface area contributed by atoms with Crippen molar-refractivity contribution in [3.63, 3.8) is 0 Å². The van der Waals surface area contributed by atoms with Crippen LogP contribution in [0.3, 0.4) is 0 Å². The number of oxazole rings is 1. The van der Waals surface area contributed by atoms with Gasteiger partial charge >= 0.3 is 0 Å². The smallest absolute Gasteiger partial charge is 0.293 e. The van der Waals surface area contributed by atoms with Gasteiger partial charge in [0.15, 0.2) is 5.89 Å². The normalized spacial score (nSPS) is 11.0. The summed E-state index contributed by atoms with van der Waals surface area (Å²) in [5.41, 5.74) is 3.27. The second-order valence-electron chi connectivity index (χ2n) is 6.75. The number of benzene rings is 1. The summed E-state index contributed by atoms with van der Waals surface area (Å²) in [7, 11) is 0. The summed E-state index contributed by atoms with van der Waals surface area (Å²) >= 11 is 0. The lowest BCUT2D eigenvalue weighted by Crippen LogP contribution is -2.12. The number of hydrogen-bond donors (Lipinski definition) is 1. The first-order valence-electron chi connectivity index (χ1n) is 8.88. The molecule has 0 aliphatic carbocycles. The predicted molar refractivity (Wildman–Crippen MR) is 107 cm³/mol. The Morgan fingerprint density at radius 3 is 2.72 bits per heavy atom. The molecule has 0 aliphatic rings. The number of anilines is 1. The summed E-state index contributed by atoms with van der Waals surface area (Å²) in [6.07, 6.45) is 5.19. The van der Waals surface area contributed by atoms with Crippen LogP contribution in [0.25, 0.3) is 22.6 Å². The van der Waals surface area contributed by atoms with E-state index in [1.165, 1.54) is 18.2 Å². The molecule has 0 unspecified atom stereocenters. The molecule has 29 heavy (non-hydrogen) atoms. The van der Waals surface area contributed by atoms with E-state index in [4.69, 9.17) is 4.42 Å². The number of hydrogen-bond acceptors (Lipinski definition) is 5. The lowest BCUT2D eigenvalue weighted by Gasteiger charge is -2.06. The van der Waals surface area contributed by atoms with E-state index in [2.05, 4.69) is 26.8 Å². The van der Waals surface area contributed by atoms with Crippen molar-refractivity contribution in [2.24, 2.45) is 0 Å². The van der Waals surface area contributed by atoms with Crippen molar-refractivity contribution in [1.82, 2.24) is 19.4 Å². The van der Waals surface area contributed by atoms with Crippen LogP contribution in [0.4, 0.5) is 10.1 Å². The van der Waals surface area contributed by atoms with E-state index in [0.29, 0.717) is 28.7 Å². The molecular weight excluding hydrogens is 373 g/mol. The molecule has 0 saturated carbocycles. The number of carbonyl (C=O) groups is 1. The summed E-state index contributed by atoms with van der Waals surface area (Å²) < 4.78 is 21.5. The Kier molecular flexibility index (Phi) is 4.46. The molecule has 1 aromatic carbocycles. The summed E-state index contributed by atoms with van der Waals surface area (Å²) in [5.74, 6) is 0.0460. The maximum Gasteiger partial charge on any atom is 0.293 e. The molecule has 3 heterocycles. The van der Waals surface area contributed by atoms with Crippen molar-refractivity contribution < 1.29 is 13.6 Å². The molecule has 0 aliphatic heterocycles. The van der Waals surface area contributed by atoms with E-state index in [-0.39, 0.29) is 11.3 Å². The monoisotopic (exact) mass is 391 g/mol. The quantitative estimate of drug-likeness (QED) is 0.556. The van der Waals surface area contributed by atoms with Gasteiger partial charge in [0, 0.05) is 42.3 Å². The standard InChI is InChI=1S/C21H18FN5O2/c1-11(2)14-8-23-21-26-18(10-27(21)9-14)16-7-15(5-6-17(16)22)25-20(28)19-12(3)24-13(4)29-19/h5-10H,1H2,2-4H3,(H,25,28). The summed E-state index contributed by atoms with van der Waals surface area (Å²) in [4.78, 5) is 25.2. The van der Waals surface area contributed by atoms with E-state index in [0.717, 1.165) is 11.1 Å². The van der Waals surface area contributed by atoms with E-state index in [9.17, 15) is 9.18 Å². The highest BCUT2D eigenvalue weighted by Crippen LogP contribution is 2.26. The Labute approximate surface area is 165 Å². The van der Waals surface area contributed by atoms with Gasteiger partial charge in [-0.25, -0.2) is 19.3 Å². The number of nitrogens with one attached hydrogen (secondary N) is 1. The lowest BCUT2D eigenvalue weighted by atomic mass is 10.1. The van der Waals surface area contributed by atoms with E-state index < -0.39 is 11.7 Å². The first-order chi connectivity index (χ1) is 13.8. The Morgan fingerprint density at radius 1 is 1.24 bits per heavy atom. The zero-order chi connectivity index (χ0) is 20.7. The third-order valence-electron chi connectivity index (χ3n) is 4.41. The van der Waals surface area contributed by atoms with Crippen molar-refractivity contribution in [2.45, 2.75) is 20.8 Å². The van der Waals surface area contributed by atoms with Gasteiger partial charge in [-0.3, -0.25) is 9.20 Å². The number of aryl methyl sites for hydroxylation is 2. The van der Waals surface area contributed by atoms with Gasteiger partial charge in [0.05, 0.1) is 11.4 Å². The lowest BCUT2D eigenvalue weighted by molar-refractivity contribution is 0.0994. The van der Waals surface area contributed by atoms with Gasteiger partial charge in [-0.05, 0) is 37.6 Å². The molecule has 146 valence electrons. The number of aromatic nitrogens is 4. The van der Waals surface area contributed by atoms with Crippen LogP contribution >= 0.6 is 0 Å². The molecule has 0 spiro atoms. The van der Waals surface area contributed by atoms with Crippen molar-refractivity contribution in [1.29, 1.82) is 0 Å². The molecule has 0 fully saturated rings. The van der Waals surface area contributed by atoms with Crippen LogP contribution in [0, 0.1) is 19.7 Å². The number of nitrogens with zero attached hydrogens (tertiary/aromatic N) is 4.